The summed E-state index contributed by atoms with van der Waals surface area (Å²) in [5, 5.41) is 2.31. The standard InChI is InChI=1S/C21H19ClN2O3S2/c22-17-8-1-2-9-18(17)23-29(26,27)16-7-3-6-15(14-16)21(25)24-12-4-10-19(24)20-11-5-13-28-20/h1-3,5-9,11,13-14,19,23H,4,10,12H2/t19-/m0/s1. The number of amides is 1. The van der Waals surface area contributed by atoms with E-state index in [9.17, 15) is 13.2 Å². The van der Waals surface area contributed by atoms with Crippen molar-refractivity contribution in [3.05, 3.63) is 81.5 Å². The fourth-order valence-electron chi connectivity index (χ4n) is 3.50. The van der Waals surface area contributed by atoms with E-state index in [1.807, 2.05) is 22.4 Å². The first kappa shape index (κ1) is 19.9. The molecule has 1 N–H and O–H groups in total. The number of para-hydroxylation sites is 1. The zero-order valence-electron chi connectivity index (χ0n) is 15.4. The lowest BCUT2D eigenvalue weighted by molar-refractivity contribution is 0.0737. The first-order valence-electron chi connectivity index (χ1n) is 9.17. The van der Waals surface area contributed by atoms with E-state index in [1.165, 1.54) is 12.1 Å². The largest absolute Gasteiger partial charge is 0.331 e. The second-order valence-electron chi connectivity index (χ2n) is 6.79. The van der Waals surface area contributed by atoms with Gasteiger partial charge in [0.2, 0.25) is 0 Å². The van der Waals surface area contributed by atoms with Gasteiger partial charge in [-0.05, 0) is 54.6 Å². The molecule has 1 aromatic heterocycles. The summed E-state index contributed by atoms with van der Waals surface area (Å²) in [6, 6.07) is 16.8. The minimum atomic E-state index is -3.88. The fraction of sp³-hybridized carbons (Fsp3) is 0.190. The summed E-state index contributed by atoms with van der Waals surface area (Å²) in [5.41, 5.74) is 0.652. The van der Waals surface area contributed by atoms with E-state index in [-0.39, 0.29) is 16.8 Å². The average Bonchev–Trinajstić information content (AvgIpc) is 3.40. The molecule has 0 saturated carbocycles. The molecule has 2 heterocycles. The number of halogens is 1. The molecule has 0 aliphatic carbocycles. The Bertz CT molecular complexity index is 1130. The molecule has 0 unspecified atom stereocenters. The second-order valence-corrected chi connectivity index (χ2v) is 9.85. The number of thiophene rings is 1. The summed E-state index contributed by atoms with van der Waals surface area (Å²) in [7, 11) is -3.88. The van der Waals surface area contributed by atoms with E-state index in [0.29, 0.717) is 22.8 Å². The van der Waals surface area contributed by atoms with Crippen LogP contribution in [0.5, 0.6) is 0 Å². The molecule has 1 amide bonds. The van der Waals surface area contributed by atoms with Gasteiger partial charge in [-0.3, -0.25) is 9.52 Å². The van der Waals surface area contributed by atoms with Crippen molar-refractivity contribution < 1.29 is 13.2 Å². The van der Waals surface area contributed by atoms with Crippen molar-refractivity contribution in [2.24, 2.45) is 0 Å². The summed E-state index contributed by atoms with van der Waals surface area (Å²) in [4.78, 5) is 16.1. The van der Waals surface area contributed by atoms with Gasteiger partial charge in [0.05, 0.1) is 21.6 Å². The smallest absolute Gasteiger partial charge is 0.261 e. The summed E-state index contributed by atoms with van der Waals surface area (Å²) >= 11 is 7.70. The van der Waals surface area contributed by atoms with Gasteiger partial charge in [-0.2, -0.15) is 0 Å². The first-order chi connectivity index (χ1) is 14.0. The number of carbonyl (C=O) groups excluding carboxylic acids is 1. The van der Waals surface area contributed by atoms with Crippen LogP contribution in [0.1, 0.15) is 34.1 Å². The van der Waals surface area contributed by atoms with Crippen LogP contribution in [0.15, 0.2) is 70.9 Å². The molecule has 3 aromatic rings. The highest BCUT2D eigenvalue weighted by Crippen LogP contribution is 2.35. The van der Waals surface area contributed by atoms with Crippen molar-refractivity contribution in [3.8, 4) is 0 Å². The van der Waals surface area contributed by atoms with Crippen LogP contribution >= 0.6 is 22.9 Å². The van der Waals surface area contributed by atoms with Crippen molar-refractivity contribution in [1.82, 2.24) is 4.90 Å². The number of anilines is 1. The Balaban J connectivity index is 1.60. The van der Waals surface area contributed by atoms with Gasteiger partial charge < -0.3 is 4.90 Å². The number of rotatable bonds is 5. The topological polar surface area (TPSA) is 66.5 Å². The van der Waals surface area contributed by atoms with Gasteiger partial charge in [0.1, 0.15) is 0 Å². The predicted molar refractivity (Wildman–Crippen MR) is 116 cm³/mol. The van der Waals surface area contributed by atoms with Crippen molar-refractivity contribution in [1.29, 1.82) is 0 Å². The van der Waals surface area contributed by atoms with Crippen LogP contribution in [0.3, 0.4) is 0 Å². The van der Waals surface area contributed by atoms with Crippen LogP contribution in [0.4, 0.5) is 5.69 Å². The quantitative estimate of drug-likeness (QED) is 0.587. The third-order valence-electron chi connectivity index (χ3n) is 4.89. The number of sulfonamides is 1. The number of nitrogens with one attached hydrogen (secondary N) is 1. The predicted octanol–water partition coefficient (Wildman–Crippen LogP) is 5.18. The number of likely N-dealkylation sites (tertiary alicyclic amines) is 1. The number of carbonyl (C=O) groups is 1. The lowest BCUT2D eigenvalue weighted by Gasteiger charge is -2.24. The van der Waals surface area contributed by atoms with Crippen LogP contribution in [0, 0.1) is 0 Å². The molecule has 0 spiro atoms. The van der Waals surface area contributed by atoms with Gasteiger partial charge in [-0.15, -0.1) is 11.3 Å². The minimum Gasteiger partial charge on any atom is -0.331 e. The van der Waals surface area contributed by atoms with Crippen molar-refractivity contribution >= 4 is 44.6 Å². The number of nitrogens with zero attached hydrogens (tertiary/aromatic N) is 1. The summed E-state index contributed by atoms with van der Waals surface area (Å²) in [6.45, 7) is 0.663. The molecule has 1 aliphatic rings. The zero-order valence-corrected chi connectivity index (χ0v) is 17.8. The maximum absolute atomic E-state index is 13.1. The number of hydrogen-bond acceptors (Lipinski definition) is 4. The van der Waals surface area contributed by atoms with Crippen molar-refractivity contribution in [2.75, 3.05) is 11.3 Å². The Morgan fingerprint density at radius 3 is 2.69 bits per heavy atom. The monoisotopic (exact) mass is 446 g/mol. The molecule has 5 nitrogen and oxygen atoms in total. The highest BCUT2D eigenvalue weighted by atomic mass is 35.5. The molecule has 2 aromatic carbocycles. The molecular formula is C21H19ClN2O3S2. The van der Waals surface area contributed by atoms with Gasteiger partial charge in [-0.25, -0.2) is 8.42 Å². The Hall–Kier alpha value is -2.35. The van der Waals surface area contributed by atoms with Crippen molar-refractivity contribution in [2.45, 2.75) is 23.8 Å². The van der Waals surface area contributed by atoms with Crippen molar-refractivity contribution in [3.63, 3.8) is 0 Å². The number of hydrogen-bond donors (Lipinski definition) is 1. The zero-order chi connectivity index (χ0) is 20.4. The highest BCUT2D eigenvalue weighted by molar-refractivity contribution is 7.92. The average molecular weight is 447 g/mol. The van der Waals surface area contributed by atoms with Crippen LogP contribution in [0.25, 0.3) is 0 Å². The van der Waals surface area contributed by atoms with Crippen LogP contribution in [-0.4, -0.2) is 25.8 Å². The molecule has 0 radical (unpaired) electrons. The molecule has 4 rings (SSSR count). The fourth-order valence-corrected chi connectivity index (χ4v) is 5.73. The van der Waals surface area contributed by atoms with E-state index >= 15 is 0 Å². The van der Waals surface area contributed by atoms with Crippen LogP contribution in [-0.2, 0) is 10.0 Å². The van der Waals surface area contributed by atoms with E-state index in [1.54, 1.807) is 47.7 Å². The maximum atomic E-state index is 13.1. The number of benzene rings is 2. The maximum Gasteiger partial charge on any atom is 0.261 e. The third-order valence-corrected chi connectivity index (χ3v) is 7.56. The first-order valence-corrected chi connectivity index (χ1v) is 11.9. The molecule has 8 heteroatoms. The van der Waals surface area contributed by atoms with E-state index in [0.717, 1.165) is 17.7 Å². The van der Waals surface area contributed by atoms with Gasteiger partial charge >= 0.3 is 0 Å². The normalized spacial score (nSPS) is 16.7. The third kappa shape index (κ3) is 4.17. The molecule has 1 atom stereocenters. The van der Waals surface area contributed by atoms with Gasteiger partial charge in [-0.1, -0.05) is 35.9 Å². The van der Waals surface area contributed by atoms with Gasteiger partial charge in [0.25, 0.3) is 15.9 Å². The van der Waals surface area contributed by atoms with Crippen LogP contribution in [0.2, 0.25) is 5.02 Å². The SMILES string of the molecule is O=C(c1cccc(S(=O)(=O)Nc2ccccc2Cl)c1)N1CCC[C@H]1c1cccs1. The van der Waals surface area contributed by atoms with Gasteiger partial charge in [0.15, 0.2) is 0 Å². The minimum absolute atomic E-state index is 0.0233. The lowest BCUT2D eigenvalue weighted by atomic mass is 10.1. The summed E-state index contributed by atoms with van der Waals surface area (Å²) in [6.07, 6.45) is 1.85. The Morgan fingerprint density at radius 1 is 1.10 bits per heavy atom. The molecule has 150 valence electrons. The lowest BCUT2D eigenvalue weighted by Crippen LogP contribution is -2.30. The summed E-state index contributed by atoms with van der Waals surface area (Å²) in [5.74, 6) is -0.157. The second kappa shape index (κ2) is 8.18. The molecule has 1 aliphatic heterocycles. The molecule has 1 saturated heterocycles. The Kier molecular flexibility index (Phi) is 5.63. The van der Waals surface area contributed by atoms with Gasteiger partial charge in [0, 0.05) is 17.0 Å². The van der Waals surface area contributed by atoms with E-state index in [4.69, 9.17) is 11.6 Å². The Morgan fingerprint density at radius 2 is 1.93 bits per heavy atom. The van der Waals surface area contributed by atoms with E-state index in [2.05, 4.69) is 4.72 Å². The molecule has 29 heavy (non-hydrogen) atoms. The van der Waals surface area contributed by atoms with Crippen LogP contribution < -0.4 is 4.72 Å². The molecular weight excluding hydrogens is 428 g/mol. The Labute approximate surface area is 179 Å². The van der Waals surface area contributed by atoms with E-state index < -0.39 is 10.0 Å². The highest BCUT2D eigenvalue weighted by Gasteiger charge is 2.31. The summed E-state index contributed by atoms with van der Waals surface area (Å²) < 4.78 is 28.1. The molecule has 1 fully saturated rings. The molecule has 0 bridgehead atoms.